The minimum Gasteiger partial charge on any atom is -0.306 e. The molecule has 1 aromatic carbocycles. The lowest BCUT2D eigenvalue weighted by atomic mass is 10.0. The Hall–Kier alpha value is -0.680. The molecular formula is C12H14F3NS. The smallest absolute Gasteiger partial charge is 0.306 e. The molecule has 17 heavy (non-hydrogen) atoms. The summed E-state index contributed by atoms with van der Waals surface area (Å²) in [5, 5.41) is 3.39. The molecule has 1 aliphatic heterocycles. The zero-order chi connectivity index (χ0) is 12.5. The van der Waals surface area contributed by atoms with E-state index in [1.165, 1.54) is 0 Å². The van der Waals surface area contributed by atoms with Crippen molar-refractivity contribution in [3.05, 3.63) is 35.4 Å². The first kappa shape index (κ1) is 12.8. The van der Waals surface area contributed by atoms with E-state index >= 15 is 0 Å². The van der Waals surface area contributed by atoms with Crippen LogP contribution in [0.4, 0.5) is 13.2 Å². The second-order valence-corrected chi connectivity index (χ2v) is 5.35. The predicted molar refractivity (Wildman–Crippen MR) is 64.1 cm³/mol. The molecule has 0 aromatic heterocycles. The molecule has 0 amide bonds. The number of hydrogen-bond acceptors (Lipinski definition) is 2. The van der Waals surface area contributed by atoms with Gasteiger partial charge in [-0.2, -0.15) is 24.9 Å². The van der Waals surface area contributed by atoms with Crippen LogP contribution in [0, 0.1) is 0 Å². The van der Waals surface area contributed by atoms with Gasteiger partial charge >= 0.3 is 6.18 Å². The van der Waals surface area contributed by atoms with Crippen molar-refractivity contribution in [2.24, 2.45) is 0 Å². The Bertz CT molecular complexity index is 374. The maximum absolute atomic E-state index is 12.4. The molecular weight excluding hydrogens is 247 g/mol. The SMILES string of the molecule is CC1CSCC(c2ccc(C(F)(F)F)cc2)N1. The van der Waals surface area contributed by atoms with Crippen molar-refractivity contribution in [1.82, 2.24) is 5.32 Å². The summed E-state index contributed by atoms with van der Waals surface area (Å²) < 4.78 is 37.2. The summed E-state index contributed by atoms with van der Waals surface area (Å²) in [7, 11) is 0. The summed E-state index contributed by atoms with van der Waals surface area (Å²) in [5.41, 5.74) is 0.342. The molecule has 5 heteroatoms. The molecule has 0 aliphatic carbocycles. The fourth-order valence-corrected chi connectivity index (χ4v) is 3.01. The second-order valence-electron chi connectivity index (χ2n) is 4.28. The van der Waals surface area contributed by atoms with Crippen LogP contribution >= 0.6 is 11.8 Å². The second kappa shape index (κ2) is 4.90. The average molecular weight is 261 g/mol. The van der Waals surface area contributed by atoms with Gasteiger partial charge in [-0.3, -0.25) is 0 Å². The number of nitrogens with one attached hydrogen (secondary N) is 1. The van der Waals surface area contributed by atoms with Gasteiger partial charge in [0.1, 0.15) is 0 Å². The van der Waals surface area contributed by atoms with Gasteiger partial charge in [0.2, 0.25) is 0 Å². The average Bonchev–Trinajstić information content (AvgIpc) is 2.28. The Balaban J connectivity index is 2.12. The molecule has 2 atom stereocenters. The van der Waals surface area contributed by atoms with Crippen LogP contribution in [-0.2, 0) is 6.18 Å². The van der Waals surface area contributed by atoms with Gasteiger partial charge in [-0.15, -0.1) is 0 Å². The van der Waals surface area contributed by atoms with Crippen LogP contribution in [0.2, 0.25) is 0 Å². The number of alkyl halides is 3. The number of rotatable bonds is 1. The Morgan fingerprint density at radius 3 is 2.35 bits per heavy atom. The zero-order valence-electron chi connectivity index (χ0n) is 9.42. The number of thioether (sulfide) groups is 1. The molecule has 1 saturated heterocycles. The summed E-state index contributed by atoms with van der Waals surface area (Å²) in [6.45, 7) is 2.09. The molecule has 1 N–H and O–H groups in total. The fraction of sp³-hybridized carbons (Fsp3) is 0.500. The van der Waals surface area contributed by atoms with E-state index < -0.39 is 11.7 Å². The van der Waals surface area contributed by atoms with Crippen LogP contribution in [0.5, 0.6) is 0 Å². The maximum Gasteiger partial charge on any atom is 0.416 e. The fourth-order valence-electron chi connectivity index (χ4n) is 1.90. The topological polar surface area (TPSA) is 12.0 Å². The number of halogens is 3. The molecule has 1 aromatic rings. The minimum absolute atomic E-state index is 0.158. The van der Waals surface area contributed by atoms with E-state index in [1.54, 1.807) is 12.1 Å². The van der Waals surface area contributed by atoms with Crippen molar-refractivity contribution in [3.8, 4) is 0 Å². The monoisotopic (exact) mass is 261 g/mol. The van der Waals surface area contributed by atoms with Gasteiger partial charge in [-0.25, -0.2) is 0 Å². The highest BCUT2D eigenvalue weighted by Crippen LogP contribution is 2.31. The third kappa shape index (κ3) is 3.16. The summed E-state index contributed by atoms with van der Waals surface area (Å²) in [4.78, 5) is 0. The van der Waals surface area contributed by atoms with E-state index in [0.29, 0.717) is 6.04 Å². The van der Waals surface area contributed by atoms with Gasteiger partial charge in [-0.1, -0.05) is 12.1 Å². The Morgan fingerprint density at radius 2 is 1.82 bits per heavy atom. The van der Waals surface area contributed by atoms with Crippen LogP contribution in [0.15, 0.2) is 24.3 Å². The predicted octanol–water partition coefficient (Wildman–Crippen LogP) is 3.47. The van der Waals surface area contributed by atoms with Gasteiger partial charge in [0.15, 0.2) is 0 Å². The zero-order valence-corrected chi connectivity index (χ0v) is 10.2. The van der Waals surface area contributed by atoms with Crippen molar-refractivity contribution in [3.63, 3.8) is 0 Å². The minimum atomic E-state index is -4.25. The van der Waals surface area contributed by atoms with Gasteiger partial charge in [0.25, 0.3) is 0 Å². The van der Waals surface area contributed by atoms with Gasteiger partial charge < -0.3 is 5.32 Å². The van der Waals surface area contributed by atoms with Gasteiger partial charge in [0.05, 0.1) is 5.56 Å². The van der Waals surface area contributed by atoms with Crippen molar-refractivity contribution in [1.29, 1.82) is 0 Å². The van der Waals surface area contributed by atoms with Gasteiger partial charge in [-0.05, 0) is 24.6 Å². The highest BCUT2D eigenvalue weighted by Gasteiger charge is 2.30. The molecule has 94 valence electrons. The lowest BCUT2D eigenvalue weighted by Crippen LogP contribution is -2.37. The van der Waals surface area contributed by atoms with E-state index in [4.69, 9.17) is 0 Å². The lowest BCUT2D eigenvalue weighted by molar-refractivity contribution is -0.137. The molecule has 1 aliphatic rings. The van der Waals surface area contributed by atoms with Crippen molar-refractivity contribution in [2.75, 3.05) is 11.5 Å². The molecule has 0 saturated carbocycles. The molecule has 2 unspecified atom stereocenters. The maximum atomic E-state index is 12.4. The van der Waals surface area contributed by atoms with Crippen LogP contribution in [0.1, 0.15) is 24.1 Å². The van der Waals surface area contributed by atoms with E-state index in [1.807, 2.05) is 11.8 Å². The normalized spacial score (nSPS) is 25.9. The van der Waals surface area contributed by atoms with Crippen LogP contribution < -0.4 is 5.32 Å². The van der Waals surface area contributed by atoms with E-state index in [9.17, 15) is 13.2 Å². The third-order valence-corrected chi connectivity index (χ3v) is 4.08. The number of benzene rings is 1. The van der Waals surface area contributed by atoms with Crippen molar-refractivity contribution >= 4 is 11.8 Å². The third-order valence-electron chi connectivity index (χ3n) is 2.78. The summed E-state index contributed by atoms with van der Waals surface area (Å²) in [5.74, 6) is 1.97. The first-order valence-electron chi connectivity index (χ1n) is 5.48. The standard InChI is InChI=1S/C12H14F3NS/c1-8-6-17-7-11(16-8)9-2-4-10(5-3-9)12(13,14)15/h2-5,8,11,16H,6-7H2,1H3. The highest BCUT2D eigenvalue weighted by atomic mass is 32.2. The van der Waals surface area contributed by atoms with Gasteiger partial charge in [0, 0.05) is 23.6 Å². The Morgan fingerprint density at radius 1 is 1.18 bits per heavy atom. The van der Waals surface area contributed by atoms with Crippen molar-refractivity contribution in [2.45, 2.75) is 25.2 Å². The molecule has 2 rings (SSSR count). The van der Waals surface area contributed by atoms with Crippen LogP contribution in [0.3, 0.4) is 0 Å². The lowest BCUT2D eigenvalue weighted by Gasteiger charge is -2.28. The first-order valence-corrected chi connectivity index (χ1v) is 6.63. The quantitative estimate of drug-likeness (QED) is 0.830. The molecule has 1 nitrogen and oxygen atoms in total. The summed E-state index contributed by atoms with van der Waals surface area (Å²) >= 11 is 1.83. The molecule has 0 bridgehead atoms. The first-order chi connectivity index (χ1) is 7.97. The van der Waals surface area contributed by atoms with E-state index in [0.717, 1.165) is 29.2 Å². The highest BCUT2D eigenvalue weighted by molar-refractivity contribution is 7.99. The Kier molecular flexibility index (Phi) is 3.68. The van der Waals surface area contributed by atoms with Crippen LogP contribution in [0.25, 0.3) is 0 Å². The van der Waals surface area contributed by atoms with E-state index in [-0.39, 0.29) is 6.04 Å². The van der Waals surface area contributed by atoms with E-state index in [2.05, 4.69) is 12.2 Å². The Labute approximate surface area is 103 Å². The summed E-state index contributed by atoms with van der Waals surface area (Å²) in [6, 6.07) is 6.01. The molecule has 1 heterocycles. The molecule has 1 fully saturated rings. The van der Waals surface area contributed by atoms with Crippen LogP contribution in [-0.4, -0.2) is 17.5 Å². The molecule has 0 radical (unpaired) electrons. The summed E-state index contributed by atoms with van der Waals surface area (Å²) in [6.07, 6.45) is -4.25. The number of hydrogen-bond donors (Lipinski definition) is 1. The van der Waals surface area contributed by atoms with Crippen molar-refractivity contribution < 1.29 is 13.2 Å². The molecule has 0 spiro atoms. The largest absolute Gasteiger partial charge is 0.416 e.